The van der Waals surface area contributed by atoms with Gasteiger partial charge in [-0.05, 0) is 38.5 Å². The SMILES string of the molecule is CC(C1CCCCC1)N1C(=O)NC(=O)C2(CCC2)C1=O. The average molecular weight is 278 g/mol. The topological polar surface area (TPSA) is 66.5 Å². The number of amides is 4. The molecule has 1 spiro atoms. The van der Waals surface area contributed by atoms with E-state index in [0.29, 0.717) is 18.8 Å². The van der Waals surface area contributed by atoms with Gasteiger partial charge in [-0.1, -0.05) is 25.7 Å². The van der Waals surface area contributed by atoms with E-state index in [4.69, 9.17) is 0 Å². The Balaban J connectivity index is 1.81. The highest BCUT2D eigenvalue weighted by Crippen LogP contribution is 2.45. The Morgan fingerprint density at radius 3 is 2.30 bits per heavy atom. The number of carbonyl (C=O) groups is 3. The molecule has 4 amide bonds. The molecule has 0 aromatic heterocycles. The lowest BCUT2D eigenvalue weighted by Gasteiger charge is -2.47. The lowest BCUT2D eigenvalue weighted by molar-refractivity contribution is -0.159. The molecule has 0 radical (unpaired) electrons. The normalized spacial score (nSPS) is 28.2. The van der Waals surface area contributed by atoms with Crippen LogP contribution in [0.4, 0.5) is 4.79 Å². The second kappa shape index (κ2) is 4.86. The molecule has 5 heteroatoms. The van der Waals surface area contributed by atoms with Gasteiger partial charge >= 0.3 is 6.03 Å². The number of rotatable bonds is 2. The molecule has 3 rings (SSSR count). The lowest BCUT2D eigenvalue weighted by Crippen LogP contribution is -2.68. The largest absolute Gasteiger partial charge is 0.331 e. The van der Waals surface area contributed by atoms with E-state index < -0.39 is 11.4 Å². The predicted octanol–water partition coefficient (Wildman–Crippen LogP) is 2.20. The third-order valence-corrected chi connectivity index (χ3v) is 5.45. The summed E-state index contributed by atoms with van der Waals surface area (Å²) in [6, 6.07) is -0.621. The number of nitrogens with zero attached hydrogens (tertiary/aromatic N) is 1. The van der Waals surface area contributed by atoms with Crippen molar-refractivity contribution in [1.82, 2.24) is 10.2 Å². The van der Waals surface area contributed by atoms with Crippen LogP contribution in [0.3, 0.4) is 0 Å². The monoisotopic (exact) mass is 278 g/mol. The van der Waals surface area contributed by atoms with Crippen molar-refractivity contribution in [1.29, 1.82) is 0 Å². The molecule has 2 saturated carbocycles. The maximum atomic E-state index is 12.7. The fourth-order valence-corrected chi connectivity index (χ4v) is 3.87. The first-order valence-corrected chi connectivity index (χ1v) is 7.75. The van der Waals surface area contributed by atoms with Crippen LogP contribution >= 0.6 is 0 Å². The van der Waals surface area contributed by atoms with E-state index >= 15 is 0 Å². The van der Waals surface area contributed by atoms with Crippen molar-refractivity contribution in [3.63, 3.8) is 0 Å². The minimum Gasteiger partial charge on any atom is -0.277 e. The van der Waals surface area contributed by atoms with Crippen molar-refractivity contribution in [3.8, 4) is 0 Å². The number of carbonyl (C=O) groups excluding carboxylic acids is 3. The van der Waals surface area contributed by atoms with Gasteiger partial charge in [0.25, 0.3) is 0 Å². The smallest absolute Gasteiger partial charge is 0.277 e. The molecule has 0 bridgehead atoms. The molecule has 1 heterocycles. The number of imide groups is 2. The molecular formula is C15H22N2O3. The molecule has 110 valence electrons. The fraction of sp³-hybridized carbons (Fsp3) is 0.800. The summed E-state index contributed by atoms with van der Waals surface area (Å²) >= 11 is 0. The van der Waals surface area contributed by atoms with Crippen molar-refractivity contribution in [3.05, 3.63) is 0 Å². The highest BCUT2D eigenvalue weighted by Gasteiger charge is 2.58. The summed E-state index contributed by atoms with van der Waals surface area (Å²) in [5.41, 5.74) is -0.934. The lowest BCUT2D eigenvalue weighted by atomic mass is 9.66. The Morgan fingerprint density at radius 1 is 1.10 bits per heavy atom. The molecule has 3 fully saturated rings. The van der Waals surface area contributed by atoms with Crippen molar-refractivity contribution in [2.45, 2.75) is 64.3 Å². The van der Waals surface area contributed by atoms with Crippen LogP contribution in [0.2, 0.25) is 0 Å². The standard InChI is InChI=1S/C15H22N2O3/c1-10(11-6-3-2-4-7-11)17-13(19)15(8-5-9-15)12(18)16-14(17)20/h10-11H,2-9H2,1H3,(H,16,18,20). The highest BCUT2D eigenvalue weighted by molar-refractivity contribution is 6.19. The summed E-state index contributed by atoms with van der Waals surface area (Å²) in [5, 5.41) is 2.40. The number of urea groups is 1. The van der Waals surface area contributed by atoms with Crippen LogP contribution < -0.4 is 5.32 Å². The Bertz CT molecular complexity index is 450. The summed E-state index contributed by atoms with van der Waals surface area (Å²) in [4.78, 5) is 38.1. The Kier molecular flexibility index (Phi) is 3.30. The molecular weight excluding hydrogens is 256 g/mol. The zero-order valence-electron chi connectivity index (χ0n) is 12.0. The second-order valence-electron chi connectivity index (χ2n) is 6.51. The summed E-state index contributed by atoms with van der Waals surface area (Å²) in [5.74, 6) is -0.259. The highest BCUT2D eigenvalue weighted by atomic mass is 16.2. The predicted molar refractivity (Wildman–Crippen MR) is 72.7 cm³/mol. The first-order chi connectivity index (χ1) is 9.56. The van der Waals surface area contributed by atoms with Gasteiger partial charge in [0, 0.05) is 6.04 Å². The zero-order valence-corrected chi connectivity index (χ0v) is 12.0. The van der Waals surface area contributed by atoms with Crippen molar-refractivity contribution in [2.24, 2.45) is 11.3 Å². The number of nitrogens with one attached hydrogen (secondary N) is 1. The van der Waals surface area contributed by atoms with Gasteiger partial charge in [-0.2, -0.15) is 0 Å². The van der Waals surface area contributed by atoms with E-state index in [2.05, 4.69) is 5.32 Å². The Morgan fingerprint density at radius 2 is 1.75 bits per heavy atom. The first-order valence-electron chi connectivity index (χ1n) is 7.75. The number of hydrogen-bond acceptors (Lipinski definition) is 3. The van der Waals surface area contributed by atoms with Crippen LogP contribution in [0.5, 0.6) is 0 Å². The molecule has 5 nitrogen and oxygen atoms in total. The van der Waals surface area contributed by atoms with Gasteiger partial charge in [0.15, 0.2) is 0 Å². The van der Waals surface area contributed by atoms with E-state index in [1.54, 1.807) is 0 Å². The summed E-state index contributed by atoms with van der Waals surface area (Å²) in [6.45, 7) is 1.95. The first kappa shape index (κ1) is 13.6. The third-order valence-electron chi connectivity index (χ3n) is 5.45. The van der Waals surface area contributed by atoms with Crippen molar-refractivity contribution in [2.75, 3.05) is 0 Å². The molecule has 2 aliphatic carbocycles. The maximum absolute atomic E-state index is 12.7. The number of hydrogen-bond donors (Lipinski definition) is 1. The maximum Gasteiger partial charge on any atom is 0.331 e. The zero-order chi connectivity index (χ0) is 14.3. The minimum atomic E-state index is -0.934. The van der Waals surface area contributed by atoms with E-state index in [0.717, 1.165) is 19.3 Å². The van der Waals surface area contributed by atoms with Crippen LogP contribution in [0, 0.1) is 11.3 Å². The summed E-state index contributed by atoms with van der Waals surface area (Å²) in [7, 11) is 0. The van der Waals surface area contributed by atoms with E-state index in [1.165, 1.54) is 24.2 Å². The summed E-state index contributed by atoms with van der Waals surface area (Å²) < 4.78 is 0. The molecule has 0 aromatic carbocycles. The van der Waals surface area contributed by atoms with Crippen LogP contribution in [0.15, 0.2) is 0 Å². The van der Waals surface area contributed by atoms with Crippen molar-refractivity contribution >= 4 is 17.8 Å². The molecule has 1 unspecified atom stereocenters. The second-order valence-corrected chi connectivity index (χ2v) is 6.51. The van der Waals surface area contributed by atoms with Crippen LogP contribution in [0.1, 0.15) is 58.3 Å². The molecule has 1 N–H and O–H groups in total. The van der Waals surface area contributed by atoms with Gasteiger partial charge < -0.3 is 0 Å². The average Bonchev–Trinajstić information content (AvgIpc) is 2.37. The molecule has 1 saturated heterocycles. The van der Waals surface area contributed by atoms with E-state index in [9.17, 15) is 14.4 Å². The number of barbiturate groups is 1. The third kappa shape index (κ3) is 1.86. The Labute approximate surface area is 119 Å². The van der Waals surface area contributed by atoms with Crippen LogP contribution in [-0.4, -0.2) is 28.8 Å². The fourth-order valence-electron chi connectivity index (χ4n) is 3.87. The summed E-state index contributed by atoms with van der Waals surface area (Å²) in [6.07, 6.45) is 7.77. The van der Waals surface area contributed by atoms with Gasteiger partial charge in [0.05, 0.1) is 0 Å². The van der Waals surface area contributed by atoms with Crippen LogP contribution in [-0.2, 0) is 9.59 Å². The van der Waals surface area contributed by atoms with E-state index in [1.807, 2.05) is 6.92 Å². The molecule has 1 aliphatic heterocycles. The molecule has 3 aliphatic rings. The quantitative estimate of drug-likeness (QED) is 0.787. The van der Waals surface area contributed by atoms with Crippen LogP contribution in [0.25, 0.3) is 0 Å². The van der Waals surface area contributed by atoms with Gasteiger partial charge in [-0.3, -0.25) is 19.8 Å². The van der Waals surface area contributed by atoms with Crippen molar-refractivity contribution < 1.29 is 14.4 Å². The van der Waals surface area contributed by atoms with Gasteiger partial charge in [0.1, 0.15) is 5.41 Å². The molecule has 20 heavy (non-hydrogen) atoms. The molecule has 1 atom stereocenters. The minimum absolute atomic E-state index is 0.103. The van der Waals surface area contributed by atoms with E-state index in [-0.39, 0.29) is 17.9 Å². The van der Waals surface area contributed by atoms with Gasteiger partial charge in [-0.15, -0.1) is 0 Å². The van der Waals surface area contributed by atoms with Gasteiger partial charge in [-0.25, -0.2) is 4.79 Å². The van der Waals surface area contributed by atoms with Gasteiger partial charge in [0.2, 0.25) is 11.8 Å². The Hall–Kier alpha value is -1.39. The molecule has 0 aromatic rings.